The van der Waals surface area contributed by atoms with Crippen LogP contribution < -0.4 is 0 Å². The molecule has 4 nitrogen and oxygen atoms in total. The van der Waals surface area contributed by atoms with Crippen LogP contribution in [0.1, 0.15) is 124 Å². The van der Waals surface area contributed by atoms with E-state index < -0.39 is 5.97 Å². The first kappa shape index (κ1) is 27.5. The highest BCUT2D eigenvalue weighted by molar-refractivity contribution is 7.99. The molecule has 0 aliphatic carbocycles. The van der Waals surface area contributed by atoms with Gasteiger partial charge in [-0.25, -0.2) is 9.78 Å². The van der Waals surface area contributed by atoms with Gasteiger partial charge in [0.05, 0.1) is 6.20 Å². The Morgan fingerprint density at radius 1 is 0.939 bits per heavy atom. The van der Waals surface area contributed by atoms with Crippen LogP contribution in [0.15, 0.2) is 35.6 Å². The summed E-state index contributed by atoms with van der Waals surface area (Å²) in [6, 6.07) is 8.83. The van der Waals surface area contributed by atoms with Gasteiger partial charge < -0.3 is 9.67 Å². The average molecular weight is 473 g/mol. The number of thioether (sulfide) groups is 1. The molecule has 184 valence electrons. The smallest absolute Gasteiger partial charge is 0.354 e. The molecule has 0 spiro atoms. The fourth-order valence-electron chi connectivity index (χ4n) is 4.37. The third-order valence-electron chi connectivity index (χ3n) is 6.43. The Balaban J connectivity index is 1.92. The van der Waals surface area contributed by atoms with Gasteiger partial charge in [0.1, 0.15) is 5.69 Å². The van der Waals surface area contributed by atoms with Gasteiger partial charge in [-0.1, -0.05) is 121 Å². The number of rotatable bonds is 18. The summed E-state index contributed by atoms with van der Waals surface area (Å²) in [6.07, 6.45) is 19.5. The zero-order chi connectivity index (χ0) is 23.9. The summed E-state index contributed by atoms with van der Waals surface area (Å²) < 4.78 is 1.71. The zero-order valence-corrected chi connectivity index (χ0v) is 21.8. The third-order valence-corrected chi connectivity index (χ3v) is 7.80. The summed E-state index contributed by atoms with van der Waals surface area (Å²) in [6.45, 7) is 4.50. The van der Waals surface area contributed by atoms with E-state index in [1.807, 2.05) is 0 Å². The number of unbranched alkanes of at least 4 members (excludes halogenated alkanes) is 10. The van der Waals surface area contributed by atoms with Crippen molar-refractivity contribution >= 4 is 17.7 Å². The van der Waals surface area contributed by atoms with Crippen molar-refractivity contribution in [3.8, 4) is 0 Å². The van der Waals surface area contributed by atoms with Crippen molar-refractivity contribution in [3.63, 3.8) is 0 Å². The lowest BCUT2D eigenvalue weighted by Crippen LogP contribution is -2.06. The molecule has 5 heteroatoms. The maximum Gasteiger partial charge on any atom is 0.354 e. The van der Waals surface area contributed by atoms with E-state index >= 15 is 0 Å². The summed E-state index contributed by atoms with van der Waals surface area (Å²) in [4.78, 5) is 15.8. The minimum atomic E-state index is -0.927. The van der Waals surface area contributed by atoms with E-state index in [2.05, 4.69) is 43.1 Å². The number of carboxylic acid groups (broad SMARTS) is 1. The predicted octanol–water partition coefficient (Wildman–Crippen LogP) is 8.61. The number of aromatic nitrogens is 2. The van der Waals surface area contributed by atoms with Gasteiger partial charge in [0.2, 0.25) is 0 Å². The van der Waals surface area contributed by atoms with Crippen LogP contribution in [0.4, 0.5) is 0 Å². The number of benzene rings is 1. The van der Waals surface area contributed by atoms with Gasteiger partial charge in [0.25, 0.3) is 0 Å². The second-order valence-electron chi connectivity index (χ2n) is 9.17. The lowest BCUT2D eigenvalue weighted by molar-refractivity contribution is 0.0685. The Kier molecular flexibility index (Phi) is 13.3. The quantitative estimate of drug-likeness (QED) is 0.174. The maximum atomic E-state index is 11.4. The molecule has 33 heavy (non-hydrogen) atoms. The van der Waals surface area contributed by atoms with Crippen molar-refractivity contribution in [1.29, 1.82) is 0 Å². The normalized spacial score (nSPS) is 12.2. The zero-order valence-electron chi connectivity index (χ0n) is 21.0. The first-order valence-electron chi connectivity index (χ1n) is 13.1. The van der Waals surface area contributed by atoms with Gasteiger partial charge in [-0.05, 0) is 30.4 Å². The lowest BCUT2D eigenvalue weighted by atomic mass is 9.96. The fourth-order valence-corrected chi connectivity index (χ4v) is 5.64. The SMILES string of the molecule is CCCCCCCCCCCCc1ccccc1C(CCCC)Sc1ncc(C(=O)O)n1C. The number of aryl methyl sites for hydroxylation is 1. The Morgan fingerprint density at radius 2 is 1.55 bits per heavy atom. The number of carboxylic acids is 1. The van der Waals surface area contributed by atoms with Gasteiger partial charge in [-0.2, -0.15) is 0 Å². The highest BCUT2D eigenvalue weighted by Gasteiger charge is 2.20. The Labute approximate surface area is 205 Å². The van der Waals surface area contributed by atoms with Crippen LogP contribution in [0.5, 0.6) is 0 Å². The van der Waals surface area contributed by atoms with Gasteiger partial charge in [0, 0.05) is 12.3 Å². The number of imidazole rings is 1. The molecule has 1 heterocycles. The molecular formula is C28H44N2O2S. The number of hydrogen-bond acceptors (Lipinski definition) is 3. The van der Waals surface area contributed by atoms with Gasteiger partial charge in [-0.3, -0.25) is 0 Å². The summed E-state index contributed by atoms with van der Waals surface area (Å²) >= 11 is 1.71. The molecular weight excluding hydrogens is 428 g/mol. The standard InChI is InChI=1S/C28H44N2O2S/c1-4-6-8-9-10-11-12-13-14-15-18-23-19-16-17-20-24(23)26(21-7-5-2)33-28-29-22-25(27(31)32)30(28)3/h16-17,19-20,22,26H,4-15,18,21H2,1-3H3,(H,31,32). The number of carbonyl (C=O) groups is 1. The van der Waals surface area contributed by atoms with Crippen molar-refractivity contribution in [2.75, 3.05) is 0 Å². The minimum Gasteiger partial charge on any atom is -0.477 e. The number of nitrogens with zero attached hydrogens (tertiary/aromatic N) is 2. The molecule has 0 radical (unpaired) electrons. The highest BCUT2D eigenvalue weighted by Crippen LogP contribution is 2.40. The first-order valence-corrected chi connectivity index (χ1v) is 14.0. The van der Waals surface area contributed by atoms with Crippen LogP contribution in [0.3, 0.4) is 0 Å². The first-order chi connectivity index (χ1) is 16.1. The topological polar surface area (TPSA) is 55.1 Å². The number of aromatic carboxylic acids is 1. The molecule has 0 fully saturated rings. The van der Waals surface area contributed by atoms with E-state index in [9.17, 15) is 9.90 Å². The van der Waals surface area contributed by atoms with Crippen molar-refractivity contribution in [1.82, 2.24) is 9.55 Å². The molecule has 0 aliphatic heterocycles. The molecule has 0 saturated carbocycles. The molecule has 0 aliphatic rings. The number of hydrogen-bond donors (Lipinski definition) is 1. The molecule has 1 unspecified atom stereocenters. The summed E-state index contributed by atoms with van der Waals surface area (Å²) in [5, 5.41) is 10.4. The molecule has 0 amide bonds. The molecule has 1 aromatic carbocycles. The van der Waals surface area contributed by atoms with Crippen molar-refractivity contribution in [2.45, 2.75) is 114 Å². The highest BCUT2D eigenvalue weighted by atomic mass is 32.2. The summed E-state index contributed by atoms with van der Waals surface area (Å²) in [7, 11) is 1.80. The Bertz CT molecular complexity index is 818. The van der Waals surface area contributed by atoms with Crippen molar-refractivity contribution in [3.05, 3.63) is 47.3 Å². The van der Waals surface area contributed by atoms with Gasteiger partial charge in [-0.15, -0.1) is 0 Å². The second-order valence-corrected chi connectivity index (χ2v) is 10.3. The van der Waals surface area contributed by atoms with Crippen LogP contribution in [0, 0.1) is 0 Å². The summed E-state index contributed by atoms with van der Waals surface area (Å²) in [5.74, 6) is -0.927. The van der Waals surface area contributed by atoms with Crippen LogP contribution >= 0.6 is 11.8 Å². The molecule has 1 atom stereocenters. The molecule has 1 N–H and O–H groups in total. The lowest BCUT2D eigenvalue weighted by Gasteiger charge is -2.20. The van der Waals surface area contributed by atoms with Crippen LogP contribution in [0.2, 0.25) is 0 Å². The van der Waals surface area contributed by atoms with Crippen LogP contribution in [-0.4, -0.2) is 20.6 Å². The largest absolute Gasteiger partial charge is 0.477 e. The van der Waals surface area contributed by atoms with Crippen LogP contribution in [0.25, 0.3) is 0 Å². The fraction of sp³-hybridized carbons (Fsp3) is 0.643. The van der Waals surface area contributed by atoms with Gasteiger partial charge in [0.15, 0.2) is 5.16 Å². The monoisotopic (exact) mass is 472 g/mol. The van der Waals surface area contributed by atoms with E-state index in [0.29, 0.717) is 5.25 Å². The summed E-state index contributed by atoms with van der Waals surface area (Å²) in [5.41, 5.74) is 3.08. The van der Waals surface area contributed by atoms with E-state index in [1.54, 1.807) is 23.4 Å². The van der Waals surface area contributed by atoms with Gasteiger partial charge >= 0.3 is 5.97 Å². The predicted molar refractivity (Wildman–Crippen MR) is 140 cm³/mol. The Hall–Kier alpha value is -1.75. The Morgan fingerprint density at radius 3 is 2.15 bits per heavy atom. The van der Waals surface area contributed by atoms with E-state index in [1.165, 1.54) is 81.5 Å². The molecule has 2 rings (SSSR count). The molecule has 2 aromatic rings. The van der Waals surface area contributed by atoms with Crippen LogP contribution in [-0.2, 0) is 13.5 Å². The molecule has 0 bridgehead atoms. The second kappa shape index (κ2) is 16.0. The van der Waals surface area contributed by atoms with Crippen molar-refractivity contribution in [2.24, 2.45) is 7.05 Å². The maximum absolute atomic E-state index is 11.4. The average Bonchev–Trinajstić information content (AvgIpc) is 3.18. The minimum absolute atomic E-state index is 0.241. The third kappa shape index (κ3) is 9.56. The molecule has 0 saturated heterocycles. The van der Waals surface area contributed by atoms with E-state index in [-0.39, 0.29) is 5.69 Å². The van der Waals surface area contributed by atoms with Crippen molar-refractivity contribution < 1.29 is 9.90 Å². The van der Waals surface area contributed by atoms with E-state index in [4.69, 9.17) is 0 Å². The molecule has 1 aromatic heterocycles. The van der Waals surface area contributed by atoms with E-state index in [0.717, 1.165) is 30.8 Å².